The lowest BCUT2D eigenvalue weighted by Gasteiger charge is -2.04. The highest BCUT2D eigenvalue weighted by Crippen LogP contribution is 2.15. The van der Waals surface area contributed by atoms with Gasteiger partial charge in [0, 0.05) is 7.11 Å². The van der Waals surface area contributed by atoms with E-state index in [1.165, 1.54) is 5.57 Å². The Hall–Kier alpha value is -2.06. The van der Waals surface area contributed by atoms with Crippen molar-refractivity contribution >= 4 is 0 Å². The number of allylic oxidation sites excluding steroid dienone is 10. The molecule has 0 fully saturated rings. The molecule has 0 aliphatic carbocycles. The van der Waals surface area contributed by atoms with E-state index in [1.54, 1.807) is 30.8 Å². The molecule has 0 unspecified atom stereocenters. The molecular weight excluding hydrogens is 248 g/mol. The Balaban J connectivity index is 0. The molecule has 0 spiro atoms. The summed E-state index contributed by atoms with van der Waals surface area (Å²) in [4.78, 5) is 0. The Kier molecular flexibility index (Phi) is 17.2. The lowest BCUT2D eigenvalue weighted by molar-refractivity contribution is 0.398. The summed E-state index contributed by atoms with van der Waals surface area (Å²) in [7, 11) is 1.00. The van der Waals surface area contributed by atoms with Gasteiger partial charge in [-0.3, -0.25) is 0 Å². The first-order valence-electron chi connectivity index (χ1n) is 6.40. The van der Waals surface area contributed by atoms with E-state index in [0.717, 1.165) is 19.1 Å². The zero-order valence-electron chi connectivity index (χ0n) is 12.8. The van der Waals surface area contributed by atoms with Crippen LogP contribution >= 0.6 is 0 Å². The quantitative estimate of drug-likeness (QED) is 0.389. The van der Waals surface area contributed by atoms with Gasteiger partial charge in [0.05, 0.1) is 12.5 Å². The third kappa shape index (κ3) is 12.4. The summed E-state index contributed by atoms with van der Waals surface area (Å²) in [6.07, 6.45) is 19.4. The second-order valence-electron chi connectivity index (χ2n) is 3.59. The molecule has 0 rings (SSSR count). The first-order valence-corrected chi connectivity index (χ1v) is 6.40. The minimum atomic E-state index is 0.850. The highest BCUT2D eigenvalue weighted by atomic mass is 16.5. The predicted molar refractivity (Wildman–Crippen MR) is 89.2 cm³/mol. The van der Waals surface area contributed by atoms with E-state index < -0.39 is 0 Å². The van der Waals surface area contributed by atoms with Crippen molar-refractivity contribution in [2.45, 2.75) is 20.3 Å². The molecule has 0 saturated carbocycles. The van der Waals surface area contributed by atoms with E-state index >= 15 is 0 Å². The topological polar surface area (TPSA) is 29.5 Å². The minimum Gasteiger partial charge on any atom is -0.472 e. The van der Waals surface area contributed by atoms with Crippen molar-refractivity contribution in [1.29, 1.82) is 0 Å². The SMILES string of the molecule is C=C\C=C/C=C(C)/C(=C/O/C=C/C=C)C/C=C/C.CO. The molecule has 0 heterocycles. The third-order valence-corrected chi connectivity index (χ3v) is 2.18. The number of aliphatic hydroxyl groups excluding tert-OH is 1. The Morgan fingerprint density at radius 2 is 1.75 bits per heavy atom. The molecule has 2 nitrogen and oxygen atoms in total. The predicted octanol–water partition coefficient (Wildman–Crippen LogP) is 4.85. The van der Waals surface area contributed by atoms with Crippen molar-refractivity contribution in [3.63, 3.8) is 0 Å². The number of hydrogen-bond acceptors (Lipinski definition) is 2. The maximum Gasteiger partial charge on any atom is 0.0939 e. The number of hydrogen-bond donors (Lipinski definition) is 1. The van der Waals surface area contributed by atoms with E-state index in [9.17, 15) is 0 Å². The number of rotatable bonds is 8. The maximum atomic E-state index is 7.00. The van der Waals surface area contributed by atoms with Crippen LogP contribution in [0.2, 0.25) is 0 Å². The van der Waals surface area contributed by atoms with Crippen molar-refractivity contribution in [2.24, 2.45) is 0 Å². The summed E-state index contributed by atoms with van der Waals surface area (Å²) in [6, 6.07) is 0. The van der Waals surface area contributed by atoms with Crippen LogP contribution in [0.3, 0.4) is 0 Å². The van der Waals surface area contributed by atoms with Gasteiger partial charge in [0.1, 0.15) is 0 Å². The molecule has 0 saturated heterocycles. The first-order chi connectivity index (χ1) is 9.76. The molecule has 20 heavy (non-hydrogen) atoms. The van der Waals surface area contributed by atoms with Gasteiger partial charge in [-0.25, -0.2) is 0 Å². The van der Waals surface area contributed by atoms with Crippen LogP contribution in [0.1, 0.15) is 20.3 Å². The van der Waals surface area contributed by atoms with Crippen LogP contribution in [0.4, 0.5) is 0 Å². The fourth-order valence-electron chi connectivity index (χ4n) is 1.15. The third-order valence-electron chi connectivity index (χ3n) is 2.18. The monoisotopic (exact) mass is 274 g/mol. The Morgan fingerprint density at radius 1 is 1.10 bits per heavy atom. The van der Waals surface area contributed by atoms with Crippen LogP contribution in [0.25, 0.3) is 0 Å². The van der Waals surface area contributed by atoms with Crippen LogP contribution in [-0.2, 0) is 4.74 Å². The van der Waals surface area contributed by atoms with Gasteiger partial charge in [0.25, 0.3) is 0 Å². The molecule has 0 aliphatic heterocycles. The van der Waals surface area contributed by atoms with E-state index in [0.29, 0.717) is 0 Å². The van der Waals surface area contributed by atoms with E-state index in [2.05, 4.69) is 26.2 Å². The van der Waals surface area contributed by atoms with Crippen molar-refractivity contribution < 1.29 is 9.84 Å². The second kappa shape index (κ2) is 16.9. The van der Waals surface area contributed by atoms with Gasteiger partial charge in [-0.15, -0.1) is 0 Å². The molecule has 0 bridgehead atoms. The van der Waals surface area contributed by atoms with Gasteiger partial charge < -0.3 is 9.84 Å². The summed E-state index contributed by atoms with van der Waals surface area (Å²) in [5.41, 5.74) is 2.30. The lowest BCUT2D eigenvalue weighted by Crippen LogP contribution is -1.85. The normalized spacial score (nSPS) is 12.6. The Labute approximate surface area is 123 Å². The highest BCUT2D eigenvalue weighted by Gasteiger charge is 1.97. The van der Waals surface area contributed by atoms with E-state index in [-0.39, 0.29) is 0 Å². The fraction of sp³-hybridized carbons (Fsp3) is 0.222. The van der Waals surface area contributed by atoms with E-state index in [1.807, 2.05) is 31.2 Å². The van der Waals surface area contributed by atoms with Crippen LogP contribution in [0, 0.1) is 0 Å². The van der Waals surface area contributed by atoms with E-state index in [4.69, 9.17) is 9.84 Å². The Bertz CT molecular complexity index is 394. The average molecular weight is 274 g/mol. The summed E-state index contributed by atoms with van der Waals surface area (Å²) in [5.74, 6) is 0. The fourth-order valence-corrected chi connectivity index (χ4v) is 1.15. The first kappa shape index (κ1) is 20.3. The average Bonchev–Trinajstić information content (AvgIpc) is 2.48. The summed E-state index contributed by atoms with van der Waals surface area (Å²) < 4.78 is 5.33. The van der Waals surface area contributed by atoms with Crippen molar-refractivity contribution in [2.75, 3.05) is 7.11 Å². The lowest BCUT2D eigenvalue weighted by atomic mass is 10.1. The largest absolute Gasteiger partial charge is 0.472 e. The van der Waals surface area contributed by atoms with Crippen molar-refractivity contribution in [3.05, 3.63) is 85.4 Å². The van der Waals surface area contributed by atoms with Crippen LogP contribution in [0.5, 0.6) is 0 Å². The van der Waals surface area contributed by atoms with Gasteiger partial charge in [-0.2, -0.15) is 0 Å². The summed E-state index contributed by atoms with van der Waals surface area (Å²) >= 11 is 0. The van der Waals surface area contributed by atoms with Gasteiger partial charge in [0.15, 0.2) is 0 Å². The zero-order valence-corrected chi connectivity index (χ0v) is 12.8. The highest BCUT2D eigenvalue weighted by molar-refractivity contribution is 5.33. The minimum absolute atomic E-state index is 0.850. The number of aliphatic hydroxyl groups is 1. The smallest absolute Gasteiger partial charge is 0.0939 e. The molecule has 0 atom stereocenters. The summed E-state index contributed by atoms with van der Waals surface area (Å²) in [5, 5.41) is 7.00. The molecule has 0 aliphatic rings. The molecule has 2 heteroatoms. The van der Waals surface area contributed by atoms with Gasteiger partial charge in [0.2, 0.25) is 0 Å². The van der Waals surface area contributed by atoms with Crippen molar-refractivity contribution in [1.82, 2.24) is 0 Å². The van der Waals surface area contributed by atoms with Crippen molar-refractivity contribution in [3.8, 4) is 0 Å². The summed E-state index contributed by atoms with van der Waals surface area (Å²) in [6.45, 7) is 11.3. The molecule has 1 N–H and O–H groups in total. The molecule has 0 aromatic heterocycles. The molecular formula is C18H26O2. The van der Waals surface area contributed by atoms with Gasteiger partial charge >= 0.3 is 0 Å². The van der Waals surface area contributed by atoms with Gasteiger partial charge in [-0.05, 0) is 37.5 Å². The number of ether oxygens (including phenoxy) is 1. The zero-order chi connectivity index (χ0) is 15.6. The standard InChI is InChI=1S/C17H22O.CH4O/c1-5-8-11-12-16(4)17(13-9-6-2)15-18-14-10-7-3;1-2/h5-12,14-15H,1,3,13H2,2,4H3;2H,1H3/b9-6+,11-8-,14-10+,16-12+,17-15+;. The molecule has 0 amide bonds. The van der Waals surface area contributed by atoms with Crippen LogP contribution < -0.4 is 0 Å². The molecule has 0 aromatic rings. The van der Waals surface area contributed by atoms with Crippen LogP contribution in [-0.4, -0.2) is 12.2 Å². The molecule has 0 aromatic carbocycles. The second-order valence-corrected chi connectivity index (χ2v) is 3.59. The Morgan fingerprint density at radius 3 is 2.30 bits per heavy atom. The molecule has 0 radical (unpaired) electrons. The maximum absolute atomic E-state index is 7.00. The molecule has 110 valence electrons. The van der Waals surface area contributed by atoms with Crippen LogP contribution in [0.15, 0.2) is 85.4 Å². The van der Waals surface area contributed by atoms with Gasteiger partial charge in [-0.1, -0.05) is 55.7 Å².